The van der Waals surface area contributed by atoms with Gasteiger partial charge in [-0.05, 0) is 26.0 Å². The maximum atomic E-state index is 13.7. The number of nitrogens with zero attached hydrogens (tertiary/aromatic N) is 2. The molecular weight excluding hydrogens is 349 g/mol. The molecule has 0 spiro atoms. The molecule has 0 bridgehead atoms. The number of ether oxygens (including phenoxy) is 2. The number of H-pyrrole nitrogens is 1. The minimum Gasteiger partial charge on any atom is -0.487 e. The Hall–Kier alpha value is -2.41. The standard InChI is InChI=1S/C20H24FN3O3/c1-12-11-15-18(13(2)26-12)22-23-19(15)20(25)24-9-7-14(8-10-24)27-17-6-4-3-5-16(17)21/h3-6,12-14H,7-11H2,1-2H3,(H,22,23)/t12-,13+/m1/s1. The molecule has 0 aliphatic carbocycles. The van der Waals surface area contributed by atoms with Crippen molar-refractivity contribution in [2.75, 3.05) is 13.1 Å². The van der Waals surface area contributed by atoms with E-state index < -0.39 is 0 Å². The lowest BCUT2D eigenvalue weighted by Crippen LogP contribution is -2.42. The number of rotatable bonds is 3. The zero-order chi connectivity index (χ0) is 19.0. The Balaban J connectivity index is 1.40. The predicted molar refractivity (Wildman–Crippen MR) is 97.2 cm³/mol. The Morgan fingerprint density at radius 3 is 2.78 bits per heavy atom. The van der Waals surface area contributed by atoms with Gasteiger partial charge in [-0.15, -0.1) is 0 Å². The molecule has 2 atom stereocenters. The zero-order valence-corrected chi connectivity index (χ0v) is 15.6. The van der Waals surface area contributed by atoms with Crippen LogP contribution in [0, 0.1) is 5.82 Å². The van der Waals surface area contributed by atoms with E-state index in [1.807, 2.05) is 18.7 Å². The summed E-state index contributed by atoms with van der Waals surface area (Å²) in [5.74, 6) is -0.144. The molecule has 0 saturated carbocycles. The highest BCUT2D eigenvalue weighted by Crippen LogP contribution is 2.31. The summed E-state index contributed by atoms with van der Waals surface area (Å²) >= 11 is 0. The minimum absolute atomic E-state index is 0.0573. The van der Waals surface area contributed by atoms with Gasteiger partial charge in [0.15, 0.2) is 17.3 Å². The van der Waals surface area contributed by atoms with E-state index in [0.717, 1.165) is 11.3 Å². The van der Waals surface area contributed by atoms with Gasteiger partial charge in [0.25, 0.3) is 5.91 Å². The number of halogens is 1. The van der Waals surface area contributed by atoms with Crippen molar-refractivity contribution in [1.29, 1.82) is 0 Å². The number of likely N-dealkylation sites (tertiary alicyclic amines) is 1. The number of hydrogen-bond donors (Lipinski definition) is 1. The lowest BCUT2D eigenvalue weighted by molar-refractivity contribution is -0.00704. The molecule has 1 saturated heterocycles. The summed E-state index contributed by atoms with van der Waals surface area (Å²) in [6.07, 6.45) is 1.91. The molecule has 144 valence electrons. The van der Waals surface area contributed by atoms with Gasteiger partial charge in [-0.1, -0.05) is 12.1 Å². The van der Waals surface area contributed by atoms with Crippen LogP contribution in [0.25, 0.3) is 0 Å². The molecule has 27 heavy (non-hydrogen) atoms. The van der Waals surface area contributed by atoms with E-state index in [4.69, 9.17) is 9.47 Å². The fraction of sp³-hybridized carbons (Fsp3) is 0.500. The third kappa shape index (κ3) is 3.56. The molecule has 1 N–H and O–H groups in total. The van der Waals surface area contributed by atoms with Crippen molar-refractivity contribution in [2.45, 2.75) is 51.4 Å². The van der Waals surface area contributed by atoms with Crippen LogP contribution in [-0.2, 0) is 11.2 Å². The van der Waals surface area contributed by atoms with Crippen molar-refractivity contribution in [1.82, 2.24) is 15.1 Å². The summed E-state index contributed by atoms with van der Waals surface area (Å²) in [4.78, 5) is 14.8. The number of carbonyl (C=O) groups excluding carboxylic acids is 1. The van der Waals surface area contributed by atoms with Gasteiger partial charge in [0.1, 0.15) is 6.10 Å². The smallest absolute Gasteiger partial charge is 0.274 e. The molecule has 6 nitrogen and oxygen atoms in total. The monoisotopic (exact) mass is 373 g/mol. The first-order chi connectivity index (χ1) is 13.0. The molecule has 1 amide bonds. The Morgan fingerprint density at radius 1 is 1.30 bits per heavy atom. The van der Waals surface area contributed by atoms with Crippen LogP contribution in [0.1, 0.15) is 54.5 Å². The normalized spacial score (nSPS) is 23.1. The summed E-state index contributed by atoms with van der Waals surface area (Å²) in [7, 11) is 0. The van der Waals surface area contributed by atoms with E-state index in [1.165, 1.54) is 6.07 Å². The fourth-order valence-electron chi connectivity index (χ4n) is 3.90. The molecule has 1 fully saturated rings. The summed E-state index contributed by atoms with van der Waals surface area (Å²) in [5.41, 5.74) is 2.37. The maximum Gasteiger partial charge on any atom is 0.274 e. The quantitative estimate of drug-likeness (QED) is 0.897. The molecule has 4 rings (SSSR count). The number of fused-ring (bicyclic) bond motifs is 1. The summed E-state index contributed by atoms with van der Waals surface area (Å²) in [5, 5.41) is 7.25. The lowest BCUT2D eigenvalue weighted by atomic mass is 9.98. The fourth-order valence-corrected chi connectivity index (χ4v) is 3.90. The first-order valence-electron chi connectivity index (χ1n) is 9.46. The van der Waals surface area contributed by atoms with Gasteiger partial charge in [0.05, 0.1) is 17.9 Å². The van der Waals surface area contributed by atoms with Gasteiger partial charge < -0.3 is 14.4 Å². The van der Waals surface area contributed by atoms with Crippen LogP contribution in [0.5, 0.6) is 5.75 Å². The predicted octanol–water partition coefficient (Wildman–Crippen LogP) is 3.25. The highest BCUT2D eigenvalue weighted by atomic mass is 19.1. The molecular formula is C20H24FN3O3. The van der Waals surface area contributed by atoms with Crippen LogP contribution in [0.15, 0.2) is 24.3 Å². The van der Waals surface area contributed by atoms with Gasteiger partial charge in [0, 0.05) is 37.9 Å². The Bertz CT molecular complexity index is 830. The van der Waals surface area contributed by atoms with Gasteiger partial charge in [-0.3, -0.25) is 9.89 Å². The molecule has 7 heteroatoms. The van der Waals surface area contributed by atoms with Crippen LogP contribution in [0.4, 0.5) is 4.39 Å². The van der Waals surface area contributed by atoms with Gasteiger partial charge in [0.2, 0.25) is 0 Å². The van der Waals surface area contributed by atoms with Crippen molar-refractivity contribution in [2.24, 2.45) is 0 Å². The lowest BCUT2D eigenvalue weighted by Gasteiger charge is -2.32. The summed E-state index contributed by atoms with van der Waals surface area (Å²) < 4.78 is 25.3. The van der Waals surface area contributed by atoms with Gasteiger partial charge >= 0.3 is 0 Å². The Labute approximate surface area is 157 Å². The first kappa shape index (κ1) is 18.0. The zero-order valence-electron chi connectivity index (χ0n) is 15.6. The van der Waals surface area contributed by atoms with Gasteiger partial charge in [-0.25, -0.2) is 4.39 Å². The van der Waals surface area contributed by atoms with Crippen LogP contribution >= 0.6 is 0 Å². The van der Waals surface area contributed by atoms with Crippen molar-refractivity contribution in [3.05, 3.63) is 47.0 Å². The highest BCUT2D eigenvalue weighted by Gasteiger charge is 2.33. The average Bonchev–Trinajstić information content (AvgIpc) is 3.08. The molecule has 2 aliphatic rings. The van der Waals surface area contributed by atoms with Crippen molar-refractivity contribution in [3.8, 4) is 5.75 Å². The molecule has 3 heterocycles. The largest absolute Gasteiger partial charge is 0.487 e. The Kier molecular flexibility index (Phi) is 4.86. The number of para-hydroxylation sites is 1. The minimum atomic E-state index is -0.357. The number of aromatic amines is 1. The average molecular weight is 373 g/mol. The molecule has 1 aromatic heterocycles. The number of nitrogens with one attached hydrogen (secondary N) is 1. The van der Waals surface area contributed by atoms with E-state index in [2.05, 4.69) is 10.2 Å². The van der Waals surface area contributed by atoms with Crippen LogP contribution < -0.4 is 4.74 Å². The first-order valence-corrected chi connectivity index (χ1v) is 9.46. The Morgan fingerprint density at radius 2 is 2.04 bits per heavy atom. The number of aromatic nitrogens is 2. The highest BCUT2D eigenvalue weighted by molar-refractivity contribution is 5.94. The second-order valence-electron chi connectivity index (χ2n) is 7.30. The third-order valence-electron chi connectivity index (χ3n) is 5.30. The second-order valence-corrected chi connectivity index (χ2v) is 7.30. The maximum absolute atomic E-state index is 13.7. The topological polar surface area (TPSA) is 67.5 Å². The van der Waals surface area contributed by atoms with Crippen LogP contribution in [-0.4, -0.2) is 46.3 Å². The molecule has 2 aliphatic heterocycles. The van der Waals surface area contributed by atoms with E-state index in [1.54, 1.807) is 18.2 Å². The molecule has 0 radical (unpaired) electrons. The van der Waals surface area contributed by atoms with Crippen LogP contribution in [0.2, 0.25) is 0 Å². The van der Waals surface area contributed by atoms with E-state index in [-0.39, 0.29) is 35.8 Å². The number of hydrogen-bond acceptors (Lipinski definition) is 4. The van der Waals surface area contributed by atoms with Crippen molar-refractivity contribution >= 4 is 5.91 Å². The van der Waals surface area contributed by atoms with E-state index >= 15 is 0 Å². The van der Waals surface area contributed by atoms with E-state index in [0.29, 0.717) is 38.0 Å². The molecule has 1 aromatic carbocycles. The number of benzene rings is 1. The summed E-state index contributed by atoms with van der Waals surface area (Å²) in [6, 6.07) is 6.41. The summed E-state index contributed by atoms with van der Waals surface area (Å²) in [6.45, 7) is 5.11. The number of piperidine rings is 1. The third-order valence-corrected chi connectivity index (χ3v) is 5.30. The second kappa shape index (κ2) is 7.31. The van der Waals surface area contributed by atoms with E-state index in [9.17, 15) is 9.18 Å². The van der Waals surface area contributed by atoms with Crippen molar-refractivity contribution in [3.63, 3.8) is 0 Å². The SMILES string of the molecule is C[C@@H]1Cc2c(C(=O)N3CCC(Oc4ccccc4F)CC3)n[nH]c2[C@H](C)O1. The van der Waals surface area contributed by atoms with Gasteiger partial charge in [-0.2, -0.15) is 5.10 Å². The molecule has 2 aromatic rings. The van der Waals surface area contributed by atoms with Crippen molar-refractivity contribution < 1.29 is 18.7 Å². The number of carbonyl (C=O) groups is 1. The number of amides is 1. The molecule has 0 unspecified atom stereocenters. The van der Waals surface area contributed by atoms with Crippen LogP contribution in [0.3, 0.4) is 0 Å².